The molecule has 0 spiro atoms. The summed E-state index contributed by atoms with van der Waals surface area (Å²) in [6, 6.07) is 7.57. The lowest BCUT2D eigenvalue weighted by Crippen LogP contribution is -2.32. The average molecular weight is 388 g/mol. The van der Waals surface area contributed by atoms with Gasteiger partial charge in [0.15, 0.2) is 0 Å². The van der Waals surface area contributed by atoms with Gasteiger partial charge in [-0.1, -0.05) is 18.9 Å². The number of nitrogens with zero attached hydrogens (tertiary/aromatic N) is 3. The van der Waals surface area contributed by atoms with Gasteiger partial charge in [-0.2, -0.15) is 4.98 Å². The Bertz CT molecular complexity index is 955. The van der Waals surface area contributed by atoms with Gasteiger partial charge in [0.05, 0.1) is 4.90 Å². The third kappa shape index (κ3) is 4.06. The molecular weight excluding hydrogens is 362 g/mol. The third-order valence-electron chi connectivity index (χ3n) is 5.37. The predicted molar refractivity (Wildman–Crippen MR) is 105 cm³/mol. The number of hydrogen-bond acceptors (Lipinski definition) is 6. The molecular formula is C19H25N5O2S. The summed E-state index contributed by atoms with van der Waals surface area (Å²) >= 11 is 0. The Kier molecular flexibility index (Phi) is 4.77. The standard InChI is InChI=1S/C19H25N5O2S/c1-13-10-18(23-19(21-13)22-16-4-2-3-5-16)24-9-8-14-6-7-17(27(20,25)26)11-15(14)12-24/h6-7,10-11,16H,2-5,8-9,12H2,1H3,(H2,20,25,26)(H,21,22,23). The number of nitrogens with one attached hydrogen (secondary N) is 1. The Morgan fingerprint density at radius 2 is 1.93 bits per heavy atom. The van der Waals surface area contributed by atoms with Crippen molar-refractivity contribution in [1.82, 2.24) is 9.97 Å². The second-order valence-electron chi connectivity index (χ2n) is 7.46. The molecule has 1 aromatic carbocycles. The first kappa shape index (κ1) is 18.2. The SMILES string of the molecule is Cc1cc(N2CCc3ccc(S(N)(=O)=O)cc3C2)nc(NC2CCCC2)n1. The van der Waals surface area contributed by atoms with Gasteiger partial charge in [0.1, 0.15) is 5.82 Å². The molecule has 3 N–H and O–H groups in total. The molecule has 2 aliphatic rings. The summed E-state index contributed by atoms with van der Waals surface area (Å²) in [5, 5.41) is 8.75. The van der Waals surface area contributed by atoms with Crippen molar-refractivity contribution in [3.63, 3.8) is 0 Å². The molecule has 2 heterocycles. The van der Waals surface area contributed by atoms with E-state index >= 15 is 0 Å². The van der Waals surface area contributed by atoms with Gasteiger partial charge in [-0.25, -0.2) is 18.5 Å². The Hall–Kier alpha value is -2.19. The van der Waals surface area contributed by atoms with E-state index in [4.69, 9.17) is 10.1 Å². The number of primary sulfonamides is 1. The summed E-state index contributed by atoms with van der Waals surface area (Å²) in [5.41, 5.74) is 3.06. The summed E-state index contributed by atoms with van der Waals surface area (Å²) in [5.74, 6) is 1.55. The van der Waals surface area contributed by atoms with Crippen LogP contribution in [0.3, 0.4) is 0 Å². The minimum Gasteiger partial charge on any atom is -0.352 e. The molecule has 0 amide bonds. The van der Waals surface area contributed by atoms with Crippen molar-refractivity contribution >= 4 is 21.8 Å². The van der Waals surface area contributed by atoms with Crippen molar-refractivity contribution in [2.24, 2.45) is 5.14 Å². The predicted octanol–water partition coefficient (Wildman–Crippen LogP) is 2.35. The minimum atomic E-state index is -3.70. The summed E-state index contributed by atoms with van der Waals surface area (Å²) in [7, 11) is -3.70. The van der Waals surface area contributed by atoms with E-state index in [2.05, 4.69) is 15.2 Å². The normalized spacial score (nSPS) is 17.8. The highest BCUT2D eigenvalue weighted by molar-refractivity contribution is 7.89. The molecule has 2 aromatic rings. The fourth-order valence-corrected chi connectivity index (χ4v) is 4.50. The fraction of sp³-hybridized carbons (Fsp3) is 0.474. The van der Waals surface area contributed by atoms with Gasteiger partial charge < -0.3 is 10.2 Å². The van der Waals surface area contributed by atoms with Gasteiger partial charge in [0, 0.05) is 30.9 Å². The van der Waals surface area contributed by atoms with E-state index in [9.17, 15) is 8.42 Å². The highest BCUT2D eigenvalue weighted by atomic mass is 32.2. The number of nitrogens with two attached hydrogens (primary N) is 1. The molecule has 1 aliphatic carbocycles. The van der Waals surface area contributed by atoms with E-state index in [-0.39, 0.29) is 4.90 Å². The topological polar surface area (TPSA) is 101 Å². The van der Waals surface area contributed by atoms with Gasteiger partial charge in [-0.15, -0.1) is 0 Å². The van der Waals surface area contributed by atoms with Gasteiger partial charge in [0.25, 0.3) is 0 Å². The monoisotopic (exact) mass is 387 g/mol. The Labute approximate surface area is 160 Å². The number of hydrogen-bond donors (Lipinski definition) is 2. The highest BCUT2D eigenvalue weighted by Crippen LogP contribution is 2.27. The molecule has 27 heavy (non-hydrogen) atoms. The summed E-state index contributed by atoms with van der Waals surface area (Å²) in [4.78, 5) is 11.6. The first-order valence-corrected chi connectivity index (χ1v) is 10.9. The van der Waals surface area contributed by atoms with Gasteiger partial charge >= 0.3 is 0 Å². The maximum atomic E-state index is 11.7. The Balaban J connectivity index is 1.58. The molecule has 1 aromatic heterocycles. The number of rotatable bonds is 4. The van der Waals surface area contributed by atoms with E-state index in [0.29, 0.717) is 18.5 Å². The van der Waals surface area contributed by atoms with Crippen molar-refractivity contribution in [2.75, 3.05) is 16.8 Å². The van der Waals surface area contributed by atoms with Crippen molar-refractivity contribution in [3.05, 3.63) is 41.1 Å². The maximum Gasteiger partial charge on any atom is 0.238 e. The maximum absolute atomic E-state index is 11.7. The summed E-state index contributed by atoms with van der Waals surface area (Å²) in [6.45, 7) is 3.42. The molecule has 8 heteroatoms. The van der Waals surface area contributed by atoms with Crippen molar-refractivity contribution in [3.8, 4) is 0 Å². The third-order valence-corrected chi connectivity index (χ3v) is 6.28. The largest absolute Gasteiger partial charge is 0.352 e. The Morgan fingerprint density at radius 1 is 1.15 bits per heavy atom. The molecule has 7 nitrogen and oxygen atoms in total. The quantitative estimate of drug-likeness (QED) is 0.835. The number of aryl methyl sites for hydroxylation is 1. The zero-order valence-electron chi connectivity index (χ0n) is 15.5. The molecule has 0 bridgehead atoms. The molecule has 1 aliphatic heterocycles. The van der Waals surface area contributed by atoms with Crippen LogP contribution in [0.1, 0.15) is 42.5 Å². The fourth-order valence-electron chi connectivity index (χ4n) is 3.94. The van der Waals surface area contributed by atoms with Crippen LogP contribution in [-0.4, -0.2) is 31.0 Å². The zero-order chi connectivity index (χ0) is 19.0. The molecule has 4 rings (SSSR count). The molecule has 0 radical (unpaired) electrons. The molecule has 0 unspecified atom stereocenters. The van der Waals surface area contributed by atoms with Crippen LogP contribution in [0, 0.1) is 6.92 Å². The highest BCUT2D eigenvalue weighted by Gasteiger charge is 2.21. The van der Waals surface area contributed by atoms with Crippen molar-refractivity contribution in [2.45, 2.75) is 56.5 Å². The molecule has 1 fully saturated rings. The molecule has 0 saturated heterocycles. The molecule has 1 saturated carbocycles. The zero-order valence-corrected chi connectivity index (χ0v) is 16.3. The van der Waals surface area contributed by atoms with E-state index in [0.717, 1.165) is 35.6 Å². The van der Waals surface area contributed by atoms with Crippen LogP contribution in [0.4, 0.5) is 11.8 Å². The lowest BCUT2D eigenvalue weighted by molar-refractivity contribution is 0.597. The van der Waals surface area contributed by atoms with Crippen LogP contribution >= 0.6 is 0 Å². The van der Waals surface area contributed by atoms with Gasteiger partial charge in [-0.05, 0) is 49.4 Å². The van der Waals surface area contributed by atoms with Crippen LogP contribution in [0.15, 0.2) is 29.2 Å². The van der Waals surface area contributed by atoms with E-state index in [1.165, 1.54) is 25.7 Å². The van der Waals surface area contributed by atoms with Crippen molar-refractivity contribution < 1.29 is 8.42 Å². The van der Waals surface area contributed by atoms with Crippen LogP contribution < -0.4 is 15.4 Å². The number of aromatic nitrogens is 2. The molecule has 0 atom stereocenters. The lowest BCUT2D eigenvalue weighted by atomic mass is 10.00. The van der Waals surface area contributed by atoms with Gasteiger partial charge in [-0.3, -0.25) is 0 Å². The lowest BCUT2D eigenvalue weighted by Gasteiger charge is -2.30. The van der Waals surface area contributed by atoms with Crippen LogP contribution in [-0.2, 0) is 23.0 Å². The Morgan fingerprint density at radius 3 is 2.67 bits per heavy atom. The van der Waals surface area contributed by atoms with E-state index in [1.807, 2.05) is 19.1 Å². The number of benzene rings is 1. The summed E-state index contributed by atoms with van der Waals surface area (Å²) in [6.07, 6.45) is 5.69. The van der Waals surface area contributed by atoms with E-state index < -0.39 is 10.0 Å². The summed E-state index contributed by atoms with van der Waals surface area (Å²) < 4.78 is 23.3. The van der Waals surface area contributed by atoms with Crippen LogP contribution in [0.5, 0.6) is 0 Å². The smallest absolute Gasteiger partial charge is 0.238 e. The number of anilines is 2. The number of sulfonamides is 1. The van der Waals surface area contributed by atoms with Crippen molar-refractivity contribution in [1.29, 1.82) is 0 Å². The first-order chi connectivity index (χ1) is 12.9. The minimum absolute atomic E-state index is 0.158. The second kappa shape index (κ2) is 7.09. The first-order valence-electron chi connectivity index (χ1n) is 9.40. The molecule has 144 valence electrons. The number of fused-ring (bicyclic) bond motifs is 1. The van der Waals surface area contributed by atoms with Crippen LogP contribution in [0.2, 0.25) is 0 Å². The van der Waals surface area contributed by atoms with Crippen LogP contribution in [0.25, 0.3) is 0 Å². The second-order valence-corrected chi connectivity index (χ2v) is 9.03. The van der Waals surface area contributed by atoms with Gasteiger partial charge in [0.2, 0.25) is 16.0 Å². The van der Waals surface area contributed by atoms with E-state index in [1.54, 1.807) is 12.1 Å². The average Bonchev–Trinajstić information content (AvgIpc) is 3.12.